The van der Waals surface area contributed by atoms with Crippen LogP contribution in [0.1, 0.15) is 51.7 Å². The largest absolute Gasteiger partial charge is 0.253 e. The van der Waals surface area contributed by atoms with Gasteiger partial charge < -0.3 is 0 Å². The molecule has 0 aliphatic rings. The summed E-state index contributed by atoms with van der Waals surface area (Å²) in [5.74, 6) is 0.815. The fourth-order valence-electron chi connectivity index (χ4n) is 3.16. The third-order valence-electron chi connectivity index (χ3n) is 4.78. The molecule has 7 nitrogen and oxygen atoms in total. The molecule has 0 spiro atoms. The lowest BCUT2D eigenvalue weighted by molar-refractivity contribution is 0.505. The molecule has 0 amide bonds. The van der Waals surface area contributed by atoms with Crippen LogP contribution in [0.5, 0.6) is 0 Å². The topological polar surface area (TPSA) is 90.2 Å². The zero-order valence-corrected chi connectivity index (χ0v) is 16.8. The van der Waals surface area contributed by atoms with E-state index in [9.17, 15) is 0 Å². The fourth-order valence-corrected chi connectivity index (χ4v) is 3.16. The van der Waals surface area contributed by atoms with Gasteiger partial charge >= 0.3 is 0 Å². The van der Waals surface area contributed by atoms with Crippen molar-refractivity contribution in [1.29, 1.82) is 0 Å². The van der Waals surface area contributed by atoms with E-state index in [2.05, 4.69) is 59.5 Å². The van der Waals surface area contributed by atoms with Crippen LogP contribution < -0.4 is 0 Å². The molecule has 0 unspecified atom stereocenters. The lowest BCUT2D eigenvalue weighted by atomic mass is 9.82. The van der Waals surface area contributed by atoms with E-state index in [4.69, 9.17) is 9.97 Å². The molecule has 0 aliphatic heterocycles. The molecular formula is C21H23N7. The van der Waals surface area contributed by atoms with Crippen LogP contribution in [-0.4, -0.2) is 34.9 Å². The Morgan fingerprint density at radius 2 is 1.64 bits per heavy atom. The van der Waals surface area contributed by atoms with Gasteiger partial charge in [0.15, 0.2) is 5.65 Å². The molecule has 4 heterocycles. The molecule has 142 valence electrons. The van der Waals surface area contributed by atoms with Crippen molar-refractivity contribution < 1.29 is 0 Å². The standard InChI is InChI=1S/C21H23N7/c1-20(2,3)19-25-10-14-17(28-19)13(6-7-23-14)8-21(4,5)16-11-24-18-15(27-16)9-22-12-26-18/h6-7,9-12H,8H2,1-5H3. The number of hydrogen-bond donors (Lipinski definition) is 0. The summed E-state index contributed by atoms with van der Waals surface area (Å²) < 4.78 is 0. The number of rotatable bonds is 3. The highest BCUT2D eigenvalue weighted by Crippen LogP contribution is 2.29. The predicted octanol–water partition coefficient (Wildman–Crippen LogP) is 3.58. The third kappa shape index (κ3) is 3.40. The van der Waals surface area contributed by atoms with Crippen LogP contribution in [-0.2, 0) is 17.3 Å². The second kappa shape index (κ2) is 6.51. The summed E-state index contributed by atoms with van der Waals surface area (Å²) in [5.41, 5.74) is 4.64. The van der Waals surface area contributed by atoms with Crippen molar-refractivity contribution in [1.82, 2.24) is 34.9 Å². The van der Waals surface area contributed by atoms with Gasteiger partial charge in [-0.05, 0) is 18.1 Å². The number of aromatic nitrogens is 7. The molecular weight excluding hydrogens is 350 g/mol. The van der Waals surface area contributed by atoms with Crippen molar-refractivity contribution >= 4 is 22.2 Å². The Morgan fingerprint density at radius 1 is 0.821 bits per heavy atom. The smallest absolute Gasteiger partial charge is 0.181 e. The summed E-state index contributed by atoms with van der Waals surface area (Å²) in [4.78, 5) is 31.2. The fraction of sp³-hybridized carbons (Fsp3) is 0.381. The molecule has 0 atom stereocenters. The Labute approximate surface area is 163 Å². The van der Waals surface area contributed by atoms with Crippen LogP contribution in [0.25, 0.3) is 22.2 Å². The predicted molar refractivity (Wildman–Crippen MR) is 108 cm³/mol. The molecule has 0 radical (unpaired) electrons. The van der Waals surface area contributed by atoms with Crippen LogP contribution in [0.2, 0.25) is 0 Å². The maximum Gasteiger partial charge on any atom is 0.181 e. The van der Waals surface area contributed by atoms with E-state index in [1.165, 1.54) is 6.33 Å². The zero-order chi connectivity index (χ0) is 19.9. The second-order valence-electron chi connectivity index (χ2n) is 8.70. The first-order chi connectivity index (χ1) is 13.2. The van der Waals surface area contributed by atoms with E-state index in [0.29, 0.717) is 11.2 Å². The SMILES string of the molecule is CC(C)(C)c1ncc2nccc(CC(C)(C)c3cnc4ncncc4n3)c2n1. The van der Waals surface area contributed by atoms with Crippen molar-refractivity contribution in [3.63, 3.8) is 0 Å². The van der Waals surface area contributed by atoms with E-state index in [1.807, 2.05) is 18.5 Å². The summed E-state index contributed by atoms with van der Waals surface area (Å²) in [7, 11) is 0. The lowest BCUT2D eigenvalue weighted by Gasteiger charge is -2.25. The van der Waals surface area contributed by atoms with Gasteiger partial charge in [-0.1, -0.05) is 34.6 Å². The molecule has 7 heteroatoms. The molecule has 4 aromatic rings. The molecule has 4 rings (SSSR count). The van der Waals surface area contributed by atoms with Crippen LogP contribution in [0.15, 0.2) is 37.2 Å². The summed E-state index contributed by atoms with van der Waals surface area (Å²) in [6, 6.07) is 2.03. The average molecular weight is 373 g/mol. The van der Waals surface area contributed by atoms with Gasteiger partial charge in [-0.25, -0.2) is 29.9 Å². The van der Waals surface area contributed by atoms with Crippen LogP contribution in [0, 0.1) is 0 Å². The van der Waals surface area contributed by atoms with Crippen molar-refractivity contribution in [2.45, 2.75) is 51.9 Å². The molecule has 0 bridgehead atoms. The van der Waals surface area contributed by atoms with E-state index in [0.717, 1.165) is 34.5 Å². The summed E-state index contributed by atoms with van der Waals surface area (Å²) in [6.45, 7) is 10.7. The molecule has 0 fully saturated rings. The molecule has 0 aromatic carbocycles. The summed E-state index contributed by atoms with van der Waals surface area (Å²) in [6.07, 6.45) is 9.35. The molecule has 0 N–H and O–H groups in total. The van der Waals surface area contributed by atoms with Crippen molar-refractivity contribution in [2.24, 2.45) is 0 Å². The molecule has 4 aromatic heterocycles. The van der Waals surface area contributed by atoms with Gasteiger partial charge in [0.2, 0.25) is 0 Å². The van der Waals surface area contributed by atoms with Crippen LogP contribution in [0.4, 0.5) is 0 Å². The van der Waals surface area contributed by atoms with E-state index in [1.54, 1.807) is 12.4 Å². The number of hydrogen-bond acceptors (Lipinski definition) is 7. The summed E-state index contributed by atoms with van der Waals surface area (Å²) in [5, 5.41) is 0. The Morgan fingerprint density at radius 3 is 2.43 bits per heavy atom. The third-order valence-corrected chi connectivity index (χ3v) is 4.78. The van der Waals surface area contributed by atoms with E-state index in [-0.39, 0.29) is 10.8 Å². The highest BCUT2D eigenvalue weighted by Gasteiger charge is 2.26. The lowest BCUT2D eigenvalue weighted by Crippen LogP contribution is -2.23. The minimum Gasteiger partial charge on any atom is -0.253 e. The normalized spacial score (nSPS) is 12.6. The van der Waals surface area contributed by atoms with Gasteiger partial charge in [-0.15, -0.1) is 0 Å². The molecule has 0 saturated heterocycles. The van der Waals surface area contributed by atoms with Gasteiger partial charge in [-0.2, -0.15) is 0 Å². The van der Waals surface area contributed by atoms with Gasteiger partial charge in [0.05, 0.1) is 29.8 Å². The minimum atomic E-state index is -0.252. The quantitative estimate of drug-likeness (QED) is 0.542. The number of nitrogens with zero attached hydrogens (tertiary/aromatic N) is 7. The Kier molecular flexibility index (Phi) is 4.25. The van der Waals surface area contributed by atoms with E-state index >= 15 is 0 Å². The highest BCUT2D eigenvalue weighted by molar-refractivity contribution is 5.77. The first-order valence-corrected chi connectivity index (χ1v) is 9.28. The molecule has 0 aliphatic carbocycles. The molecule has 28 heavy (non-hydrogen) atoms. The highest BCUT2D eigenvalue weighted by atomic mass is 15.0. The number of pyridine rings is 1. The Hall–Kier alpha value is -3.09. The van der Waals surface area contributed by atoms with Crippen molar-refractivity contribution in [3.05, 3.63) is 54.3 Å². The minimum absolute atomic E-state index is 0.124. The maximum absolute atomic E-state index is 4.84. The van der Waals surface area contributed by atoms with Gasteiger partial charge in [0, 0.05) is 17.0 Å². The maximum atomic E-state index is 4.84. The van der Waals surface area contributed by atoms with Crippen LogP contribution >= 0.6 is 0 Å². The monoisotopic (exact) mass is 373 g/mol. The first kappa shape index (κ1) is 18.3. The second-order valence-corrected chi connectivity index (χ2v) is 8.70. The summed E-state index contributed by atoms with van der Waals surface area (Å²) >= 11 is 0. The zero-order valence-electron chi connectivity index (χ0n) is 16.8. The van der Waals surface area contributed by atoms with Gasteiger partial charge in [-0.3, -0.25) is 4.98 Å². The van der Waals surface area contributed by atoms with Crippen LogP contribution in [0.3, 0.4) is 0 Å². The van der Waals surface area contributed by atoms with Crippen molar-refractivity contribution in [3.8, 4) is 0 Å². The average Bonchev–Trinajstić information content (AvgIpc) is 2.66. The Bertz CT molecular complexity index is 1160. The first-order valence-electron chi connectivity index (χ1n) is 9.28. The van der Waals surface area contributed by atoms with E-state index < -0.39 is 0 Å². The van der Waals surface area contributed by atoms with Gasteiger partial charge in [0.25, 0.3) is 0 Å². The van der Waals surface area contributed by atoms with Crippen molar-refractivity contribution in [2.75, 3.05) is 0 Å². The number of fused-ring (bicyclic) bond motifs is 2. The molecule has 0 saturated carbocycles. The Balaban J connectivity index is 1.76. The van der Waals surface area contributed by atoms with Gasteiger partial charge in [0.1, 0.15) is 23.2 Å².